The van der Waals surface area contributed by atoms with Gasteiger partial charge in [0.1, 0.15) is 11.6 Å². The molecule has 1 N–H and O–H groups in total. The molecule has 1 aliphatic carbocycles. The quantitative estimate of drug-likeness (QED) is 0.601. The molecular weight excluding hydrogens is 336 g/mol. The van der Waals surface area contributed by atoms with Crippen LogP contribution in [0.3, 0.4) is 0 Å². The largest absolute Gasteiger partial charge is 0.340 e. The van der Waals surface area contributed by atoms with Crippen molar-refractivity contribution in [1.29, 1.82) is 0 Å². The number of para-hydroxylation sites is 1. The highest BCUT2D eigenvalue weighted by Crippen LogP contribution is 2.29. The number of rotatable bonds is 3. The summed E-state index contributed by atoms with van der Waals surface area (Å²) in [5.74, 6) is 1.67. The van der Waals surface area contributed by atoms with Crippen molar-refractivity contribution in [2.45, 2.75) is 12.8 Å². The maximum Gasteiger partial charge on any atom is 0.162 e. The smallest absolute Gasteiger partial charge is 0.162 e. The molecule has 0 spiro atoms. The normalized spacial score (nSPS) is 13.0. The van der Waals surface area contributed by atoms with E-state index in [9.17, 15) is 4.79 Å². The molecule has 1 aliphatic rings. The minimum absolute atomic E-state index is 0.273. The van der Waals surface area contributed by atoms with Crippen molar-refractivity contribution < 1.29 is 4.79 Å². The zero-order valence-electron chi connectivity index (χ0n) is 14.5. The number of nitrogens with one attached hydrogen (secondary N) is 1. The lowest BCUT2D eigenvalue weighted by Gasteiger charge is -2.12. The van der Waals surface area contributed by atoms with E-state index in [-0.39, 0.29) is 5.78 Å². The molecule has 5 nitrogen and oxygen atoms in total. The predicted octanol–water partition coefficient (Wildman–Crippen LogP) is 4.10. The Morgan fingerprint density at radius 3 is 2.56 bits per heavy atom. The SMILES string of the molecule is O=C1Cc2ccc(Nc3nc(-c4ccncc4)nc4ccccc34)cc2C1. The standard InChI is InChI=1S/C22H16N4O/c27-18-12-15-5-6-17(11-16(15)13-18)24-22-19-3-1-2-4-20(19)25-21(26-22)14-7-9-23-10-8-14/h1-11H,12-13H2,(H,24,25,26). The Bertz CT molecular complexity index is 1170. The van der Waals surface area contributed by atoms with Gasteiger partial charge in [-0.15, -0.1) is 0 Å². The molecule has 0 saturated heterocycles. The van der Waals surface area contributed by atoms with Crippen LogP contribution in [0.15, 0.2) is 67.0 Å². The van der Waals surface area contributed by atoms with E-state index in [4.69, 9.17) is 9.97 Å². The number of fused-ring (bicyclic) bond motifs is 2. The minimum Gasteiger partial charge on any atom is -0.340 e. The molecule has 0 bridgehead atoms. The molecule has 0 fully saturated rings. The van der Waals surface area contributed by atoms with Crippen LogP contribution in [0, 0.1) is 0 Å². The highest BCUT2D eigenvalue weighted by atomic mass is 16.1. The Hall–Kier alpha value is -3.60. The van der Waals surface area contributed by atoms with E-state index in [1.165, 1.54) is 0 Å². The number of benzene rings is 2. The van der Waals surface area contributed by atoms with Gasteiger partial charge in [0, 0.05) is 41.9 Å². The molecular formula is C22H16N4O. The van der Waals surface area contributed by atoms with Gasteiger partial charge in [-0.25, -0.2) is 9.97 Å². The van der Waals surface area contributed by atoms with E-state index in [1.54, 1.807) is 12.4 Å². The van der Waals surface area contributed by atoms with Gasteiger partial charge in [0.15, 0.2) is 5.82 Å². The van der Waals surface area contributed by atoms with Crippen molar-refractivity contribution in [3.05, 3.63) is 78.1 Å². The summed E-state index contributed by atoms with van der Waals surface area (Å²) in [6.07, 6.45) is 4.52. The van der Waals surface area contributed by atoms with Gasteiger partial charge >= 0.3 is 0 Å². The van der Waals surface area contributed by atoms with E-state index in [0.29, 0.717) is 18.7 Å². The van der Waals surface area contributed by atoms with Crippen molar-refractivity contribution in [3.8, 4) is 11.4 Å². The molecule has 0 atom stereocenters. The lowest BCUT2D eigenvalue weighted by Crippen LogP contribution is -2.00. The van der Waals surface area contributed by atoms with E-state index in [0.717, 1.165) is 39.1 Å². The number of carbonyl (C=O) groups is 1. The minimum atomic E-state index is 0.273. The maximum atomic E-state index is 11.7. The summed E-state index contributed by atoms with van der Waals surface area (Å²) in [7, 11) is 0. The van der Waals surface area contributed by atoms with E-state index < -0.39 is 0 Å². The van der Waals surface area contributed by atoms with Crippen LogP contribution >= 0.6 is 0 Å². The predicted molar refractivity (Wildman–Crippen MR) is 105 cm³/mol. The van der Waals surface area contributed by atoms with Crippen LogP contribution in [0.25, 0.3) is 22.3 Å². The van der Waals surface area contributed by atoms with E-state index >= 15 is 0 Å². The van der Waals surface area contributed by atoms with Gasteiger partial charge in [0.25, 0.3) is 0 Å². The number of aromatic nitrogens is 3. The summed E-state index contributed by atoms with van der Waals surface area (Å²) in [6.45, 7) is 0. The summed E-state index contributed by atoms with van der Waals surface area (Å²) in [5.41, 5.74) is 4.93. The Kier molecular flexibility index (Phi) is 3.64. The number of hydrogen-bond donors (Lipinski definition) is 1. The van der Waals surface area contributed by atoms with Crippen LogP contribution in [-0.2, 0) is 17.6 Å². The van der Waals surface area contributed by atoms with Gasteiger partial charge in [-0.2, -0.15) is 0 Å². The van der Waals surface area contributed by atoms with Crippen molar-refractivity contribution in [2.24, 2.45) is 0 Å². The number of hydrogen-bond acceptors (Lipinski definition) is 5. The first kappa shape index (κ1) is 15.6. The van der Waals surface area contributed by atoms with Gasteiger partial charge in [0.2, 0.25) is 0 Å². The number of nitrogens with zero attached hydrogens (tertiary/aromatic N) is 3. The average molecular weight is 352 g/mol. The molecule has 5 heteroatoms. The Morgan fingerprint density at radius 1 is 0.852 bits per heavy atom. The number of carbonyl (C=O) groups excluding carboxylic acids is 1. The number of pyridine rings is 1. The molecule has 2 heterocycles. The Labute approximate surface area is 156 Å². The molecule has 4 aromatic rings. The lowest BCUT2D eigenvalue weighted by molar-refractivity contribution is -0.117. The molecule has 0 radical (unpaired) electrons. The summed E-state index contributed by atoms with van der Waals surface area (Å²) in [6, 6.07) is 17.8. The molecule has 2 aromatic carbocycles. The third-order valence-corrected chi connectivity index (χ3v) is 4.79. The molecule has 130 valence electrons. The van der Waals surface area contributed by atoms with E-state index in [1.807, 2.05) is 54.6 Å². The monoisotopic (exact) mass is 352 g/mol. The third-order valence-electron chi connectivity index (χ3n) is 4.79. The third kappa shape index (κ3) is 2.93. The van der Waals surface area contributed by atoms with Crippen molar-refractivity contribution in [3.63, 3.8) is 0 Å². The van der Waals surface area contributed by atoms with Crippen LogP contribution in [0.2, 0.25) is 0 Å². The van der Waals surface area contributed by atoms with Gasteiger partial charge in [0.05, 0.1) is 5.52 Å². The van der Waals surface area contributed by atoms with Crippen molar-refractivity contribution in [2.75, 3.05) is 5.32 Å². The second kappa shape index (κ2) is 6.29. The highest BCUT2D eigenvalue weighted by molar-refractivity contribution is 5.93. The Balaban J connectivity index is 1.60. The average Bonchev–Trinajstić information content (AvgIpc) is 3.08. The van der Waals surface area contributed by atoms with Gasteiger partial charge < -0.3 is 5.32 Å². The van der Waals surface area contributed by atoms with Gasteiger partial charge in [-0.3, -0.25) is 9.78 Å². The molecule has 0 saturated carbocycles. The van der Waals surface area contributed by atoms with Crippen LogP contribution in [0.1, 0.15) is 11.1 Å². The topological polar surface area (TPSA) is 67.8 Å². The first-order valence-electron chi connectivity index (χ1n) is 8.84. The van der Waals surface area contributed by atoms with Crippen molar-refractivity contribution in [1.82, 2.24) is 15.0 Å². The second-order valence-corrected chi connectivity index (χ2v) is 6.65. The van der Waals surface area contributed by atoms with Crippen LogP contribution in [-0.4, -0.2) is 20.7 Å². The zero-order valence-corrected chi connectivity index (χ0v) is 14.5. The molecule has 0 amide bonds. The second-order valence-electron chi connectivity index (χ2n) is 6.65. The summed E-state index contributed by atoms with van der Waals surface area (Å²) in [4.78, 5) is 25.2. The molecule has 2 aromatic heterocycles. The van der Waals surface area contributed by atoms with Crippen LogP contribution < -0.4 is 5.32 Å². The fourth-order valence-electron chi connectivity index (χ4n) is 3.47. The number of Topliss-reactive ketones (excluding diaryl/α,β-unsaturated/α-hetero) is 1. The number of anilines is 2. The van der Waals surface area contributed by atoms with Gasteiger partial charge in [-0.05, 0) is 47.5 Å². The van der Waals surface area contributed by atoms with Crippen LogP contribution in [0.4, 0.5) is 11.5 Å². The van der Waals surface area contributed by atoms with Crippen molar-refractivity contribution >= 4 is 28.2 Å². The molecule has 0 aliphatic heterocycles. The highest BCUT2D eigenvalue weighted by Gasteiger charge is 2.18. The molecule has 27 heavy (non-hydrogen) atoms. The van der Waals surface area contributed by atoms with Crippen LogP contribution in [0.5, 0.6) is 0 Å². The first-order valence-corrected chi connectivity index (χ1v) is 8.84. The van der Waals surface area contributed by atoms with Gasteiger partial charge in [-0.1, -0.05) is 18.2 Å². The Morgan fingerprint density at radius 2 is 1.67 bits per heavy atom. The summed E-state index contributed by atoms with van der Waals surface area (Å²) in [5, 5.41) is 4.37. The first-order chi connectivity index (χ1) is 13.3. The molecule has 0 unspecified atom stereocenters. The zero-order chi connectivity index (χ0) is 18.2. The molecule has 5 rings (SSSR count). The van der Waals surface area contributed by atoms with E-state index in [2.05, 4.69) is 10.3 Å². The fourth-order valence-corrected chi connectivity index (χ4v) is 3.47. The summed E-state index contributed by atoms with van der Waals surface area (Å²) >= 11 is 0. The summed E-state index contributed by atoms with van der Waals surface area (Å²) < 4.78 is 0. The lowest BCUT2D eigenvalue weighted by atomic mass is 10.1. The number of ketones is 1. The maximum absolute atomic E-state index is 11.7. The fraction of sp³-hybridized carbons (Fsp3) is 0.0909.